The third kappa shape index (κ3) is 5.53. The van der Waals surface area contributed by atoms with Gasteiger partial charge in [-0.2, -0.15) is 11.3 Å². The van der Waals surface area contributed by atoms with Gasteiger partial charge in [-0.15, -0.1) is 0 Å². The molecule has 0 radical (unpaired) electrons. The van der Waals surface area contributed by atoms with Gasteiger partial charge in [0.05, 0.1) is 6.10 Å². The summed E-state index contributed by atoms with van der Waals surface area (Å²) in [4.78, 5) is 11.7. The van der Waals surface area contributed by atoms with Crippen LogP contribution in [0.15, 0.2) is 53.2 Å². The zero-order valence-electron chi connectivity index (χ0n) is 11.7. The van der Waals surface area contributed by atoms with E-state index in [1.807, 2.05) is 59.3 Å². The second kappa shape index (κ2) is 8.39. The van der Waals surface area contributed by atoms with Crippen molar-refractivity contribution in [3.05, 3.63) is 64.4 Å². The van der Waals surface area contributed by atoms with E-state index in [2.05, 4.69) is 5.32 Å². The lowest BCUT2D eigenvalue weighted by Gasteiger charge is -2.10. The minimum Gasteiger partial charge on any atom is -0.387 e. The molecule has 0 aliphatic carbocycles. The Labute approximate surface area is 128 Å². The summed E-state index contributed by atoms with van der Waals surface area (Å²) in [6.45, 7) is 0.262. The standard InChI is InChI=1S/C17H19NO2S/c19-16(15-10-11-21-13-15)12-18-17(20)9-5-4-8-14-6-2-1-3-7-14/h1-4,6-8,10-11,13,16,19H,5,9,12H2,(H,18,20). The Morgan fingerprint density at radius 2 is 2.10 bits per heavy atom. The van der Waals surface area contributed by atoms with Crippen LogP contribution in [0.1, 0.15) is 30.1 Å². The zero-order chi connectivity index (χ0) is 14.9. The molecule has 0 aliphatic heterocycles. The van der Waals surface area contributed by atoms with E-state index < -0.39 is 6.10 Å². The Morgan fingerprint density at radius 1 is 1.29 bits per heavy atom. The molecule has 1 aromatic heterocycles. The molecule has 21 heavy (non-hydrogen) atoms. The number of hydrogen-bond donors (Lipinski definition) is 2. The summed E-state index contributed by atoms with van der Waals surface area (Å²) in [5.41, 5.74) is 1.98. The molecule has 0 fully saturated rings. The Hall–Kier alpha value is -1.91. The van der Waals surface area contributed by atoms with Gasteiger partial charge in [0.15, 0.2) is 0 Å². The fraction of sp³-hybridized carbons (Fsp3) is 0.235. The summed E-state index contributed by atoms with van der Waals surface area (Å²) < 4.78 is 0. The number of carbonyl (C=O) groups is 1. The number of thiophene rings is 1. The molecule has 4 heteroatoms. The maximum absolute atomic E-state index is 11.7. The summed E-state index contributed by atoms with van der Waals surface area (Å²) in [5, 5.41) is 16.4. The van der Waals surface area contributed by atoms with Crippen LogP contribution < -0.4 is 5.32 Å². The van der Waals surface area contributed by atoms with E-state index in [0.29, 0.717) is 12.8 Å². The van der Waals surface area contributed by atoms with Gasteiger partial charge in [0.2, 0.25) is 5.91 Å². The molecule has 1 unspecified atom stereocenters. The highest BCUT2D eigenvalue weighted by Gasteiger charge is 2.09. The Morgan fingerprint density at radius 3 is 2.81 bits per heavy atom. The lowest BCUT2D eigenvalue weighted by atomic mass is 10.2. The predicted molar refractivity (Wildman–Crippen MR) is 87.0 cm³/mol. The highest BCUT2D eigenvalue weighted by atomic mass is 32.1. The van der Waals surface area contributed by atoms with Crippen LogP contribution in [0.25, 0.3) is 6.08 Å². The molecule has 110 valence electrons. The van der Waals surface area contributed by atoms with Gasteiger partial charge < -0.3 is 10.4 Å². The summed E-state index contributed by atoms with van der Waals surface area (Å²) in [6, 6.07) is 11.9. The quantitative estimate of drug-likeness (QED) is 0.823. The first-order valence-electron chi connectivity index (χ1n) is 6.94. The summed E-state index contributed by atoms with van der Waals surface area (Å²) in [5.74, 6) is -0.0398. The molecule has 0 saturated carbocycles. The van der Waals surface area contributed by atoms with Gasteiger partial charge in [0, 0.05) is 13.0 Å². The molecule has 3 nitrogen and oxygen atoms in total. The molecule has 0 aliphatic rings. The third-order valence-corrected chi connectivity index (χ3v) is 3.77. The number of hydrogen-bond acceptors (Lipinski definition) is 3. The molecule has 0 saturated heterocycles. The number of rotatable bonds is 7. The minimum atomic E-state index is -0.625. The lowest BCUT2D eigenvalue weighted by Crippen LogP contribution is -2.27. The molecule has 1 heterocycles. The summed E-state index contributed by atoms with van der Waals surface area (Å²) in [7, 11) is 0. The van der Waals surface area contributed by atoms with Crippen LogP contribution in [0.5, 0.6) is 0 Å². The van der Waals surface area contributed by atoms with Gasteiger partial charge in [-0.3, -0.25) is 4.79 Å². The van der Waals surface area contributed by atoms with Gasteiger partial charge in [-0.1, -0.05) is 42.5 Å². The first-order valence-corrected chi connectivity index (χ1v) is 7.88. The number of carbonyl (C=O) groups excluding carboxylic acids is 1. The SMILES string of the molecule is O=C(CCC=Cc1ccccc1)NCC(O)c1ccsc1. The van der Waals surface area contributed by atoms with E-state index in [4.69, 9.17) is 0 Å². The van der Waals surface area contributed by atoms with Crippen molar-refractivity contribution in [1.82, 2.24) is 5.32 Å². The van der Waals surface area contributed by atoms with Crippen LogP contribution in [-0.4, -0.2) is 17.6 Å². The molecule has 0 spiro atoms. The lowest BCUT2D eigenvalue weighted by molar-refractivity contribution is -0.121. The molecule has 1 aromatic carbocycles. The van der Waals surface area contributed by atoms with E-state index in [1.165, 1.54) is 11.3 Å². The van der Waals surface area contributed by atoms with Gasteiger partial charge in [-0.25, -0.2) is 0 Å². The van der Waals surface area contributed by atoms with Crippen LogP contribution in [0, 0.1) is 0 Å². The van der Waals surface area contributed by atoms with E-state index >= 15 is 0 Å². The smallest absolute Gasteiger partial charge is 0.220 e. The largest absolute Gasteiger partial charge is 0.387 e. The first-order chi connectivity index (χ1) is 10.3. The average Bonchev–Trinajstić information content (AvgIpc) is 3.05. The minimum absolute atomic E-state index is 0.0398. The number of benzene rings is 1. The second-order valence-corrected chi connectivity index (χ2v) is 5.51. The maximum Gasteiger partial charge on any atom is 0.220 e. The monoisotopic (exact) mass is 301 g/mol. The van der Waals surface area contributed by atoms with Crippen molar-refractivity contribution >= 4 is 23.3 Å². The summed E-state index contributed by atoms with van der Waals surface area (Å²) in [6.07, 6.45) is 4.49. The Bertz CT molecular complexity index is 564. The maximum atomic E-state index is 11.7. The fourth-order valence-electron chi connectivity index (χ4n) is 1.88. The van der Waals surface area contributed by atoms with Crippen molar-refractivity contribution < 1.29 is 9.90 Å². The number of allylic oxidation sites excluding steroid dienone is 1. The van der Waals surface area contributed by atoms with Crippen LogP contribution in [0.2, 0.25) is 0 Å². The highest BCUT2D eigenvalue weighted by molar-refractivity contribution is 7.07. The molecule has 2 rings (SSSR count). The second-order valence-electron chi connectivity index (χ2n) is 4.73. The predicted octanol–water partition coefficient (Wildman–Crippen LogP) is 3.39. The zero-order valence-corrected chi connectivity index (χ0v) is 12.6. The Kier molecular flexibility index (Phi) is 6.19. The number of aliphatic hydroxyl groups is 1. The van der Waals surface area contributed by atoms with Gasteiger partial charge in [0.1, 0.15) is 0 Å². The van der Waals surface area contributed by atoms with Crippen LogP contribution in [-0.2, 0) is 4.79 Å². The molecule has 1 amide bonds. The van der Waals surface area contributed by atoms with Crippen molar-refractivity contribution in [3.63, 3.8) is 0 Å². The Balaban J connectivity index is 1.65. The van der Waals surface area contributed by atoms with Gasteiger partial charge in [0.25, 0.3) is 0 Å². The topological polar surface area (TPSA) is 49.3 Å². The van der Waals surface area contributed by atoms with E-state index in [0.717, 1.165) is 11.1 Å². The first kappa shape index (κ1) is 15.5. The normalized spacial score (nSPS) is 12.4. The number of aliphatic hydroxyl groups excluding tert-OH is 1. The van der Waals surface area contributed by atoms with Crippen molar-refractivity contribution in [2.24, 2.45) is 0 Å². The van der Waals surface area contributed by atoms with E-state index in [1.54, 1.807) is 0 Å². The average molecular weight is 301 g/mol. The molecule has 2 N–H and O–H groups in total. The number of nitrogens with one attached hydrogen (secondary N) is 1. The molecular formula is C17H19NO2S. The van der Waals surface area contributed by atoms with Crippen LogP contribution in [0.3, 0.4) is 0 Å². The van der Waals surface area contributed by atoms with E-state index in [-0.39, 0.29) is 12.5 Å². The van der Waals surface area contributed by atoms with Gasteiger partial charge >= 0.3 is 0 Å². The third-order valence-electron chi connectivity index (χ3n) is 3.07. The van der Waals surface area contributed by atoms with Crippen molar-refractivity contribution in [3.8, 4) is 0 Å². The van der Waals surface area contributed by atoms with Crippen LogP contribution >= 0.6 is 11.3 Å². The van der Waals surface area contributed by atoms with Gasteiger partial charge in [-0.05, 0) is 34.4 Å². The van der Waals surface area contributed by atoms with E-state index in [9.17, 15) is 9.90 Å². The molecule has 0 bridgehead atoms. The van der Waals surface area contributed by atoms with Crippen molar-refractivity contribution in [2.45, 2.75) is 18.9 Å². The van der Waals surface area contributed by atoms with Crippen molar-refractivity contribution in [1.29, 1.82) is 0 Å². The van der Waals surface area contributed by atoms with Crippen LogP contribution in [0.4, 0.5) is 0 Å². The number of amides is 1. The summed E-state index contributed by atoms with van der Waals surface area (Å²) >= 11 is 1.54. The molecule has 1 atom stereocenters. The molecular weight excluding hydrogens is 282 g/mol. The highest BCUT2D eigenvalue weighted by Crippen LogP contribution is 2.15. The van der Waals surface area contributed by atoms with Crippen molar-refractivity contribution in [2.75, 3.05) is 6.54 Å². The fourth-order valence-corrected chi connectivity index (χ4v) is 2.59. The molecule has 2 aromatic rings.